The van der Waals surface area contributed by atoms with Gasteiger partial charge >= 0.3 is 5.97 Å². The van der Waals surface area contributed by atoms with Crippen LogP contribution >= 0.6 is 0 Å². The lowest BCUT2D eigenvalue weighted by molar-refractivity contribution is 0.0524. The molecule has 20 heavy (non-hydrogen) atoms. The van der Waals surface area contributed by atoms with Crippen LogP contribution in [0.25, 0.3) is 0 Å². The van der Waals surface area contributed by atoms with Crippen LogP contribution < -0.4 is 0 Å². The lowest BCUT2D eigenvalue weighted by Gasteiger charge is -2.21. The van der Waals surface area contributed by atoms with Crippen molar-refractivity contribution >= 4 is 11.8 Å². The lowest BCUT2D eigenvalue weighted by Crippen LogP contribution is -2.19. The molecule has 1 aromatic carbocycles. The molecule has 0 saturated carbocycles. The number of carbonyl (C=O) groups excluding carboxylic acids is 2. The van der Waals surface area contributed by atoms with Gasteiger partial charge in [-0.1, -0.05) is 31.2 Å². The number of furan rings is 1. The van der Waals surface area contributed by atoms with Crippen LogP contribution in [0.1, 0.15) is 57.4 Å². The molecule has 0 aliphatic heterocycles. The zero-order valence-electron chi connectivity index (χ0n) is 11.3. The molecule has 0 bridgehead atoms. The van der Waals surface area contributed by atoms with E-state index in [9.17, 15) is 9.59 Å². The Morgan fingerprint density at radius 1 is 1.35 bits per heavy atom. The van der Waals surface area contributed by atoms with Crippen molar-refractivity contribution in [2.24, 2.45) is 0 Å². The van der Waals surface area contributed by atoms with Crippen LogP contribution in [0.5, 0.6) is 0 Å². The van der Waals surface area contributed by atoms with E-state index in [2.05, 4.69) is 0 Å². The Labute approximate surface area is 116 Å². The summed E-state index contributed by atoms with van der Waals surface area (Å²) in [7, 11) is 0. The Hall–Kier alpha value is -2.36. The van der Waals surface area contributed by atoms with Crippen molar-refractivity contribution in [3.05, 3.63) is 58.5 Å². The van der Waals surface area contributed by atoms with Crippen molar-refractivity contribution in [3.63, 3.8) is 0 Å². The number of hydrogen-bond donors (Lipinski definition) is 0. The van der Waals surface area contributed by atoms with Gasteiger partial charge in [0.25, 0.3) is 0 Å². The van der Waals surface area contributed by atoms with Gasteiger partial charge in [0, 0.05) is 17.0 Å². The molecule has 4 heteroatoms. The lowest BCUT2D eigenvalue weighted by atomic mass is 9.80. The fourth-order valence-electron chi connectivity index (χ4n) is 2.70. The summed E-state index contributed by atoms with van der Waals surface area (Å²) in [6.07, 6.45) is 1.32. The molecule has 1 aromatic heterocycles. The highest BCUT2D eigenvalue weighted by Gasteiger charge is 2.35. The Morgan fingerprint density at radius 3 is 2.85 bits per heavy atom. The number of ketones is 1. The van der Waals surface area contributed by atoms with E-state index in [1.165, 1.54) is 6.26 Å². The van der Waals surface area contributed by atoms with Gasteiger partial charge in [0.1, 0.15) is 11.8 Å². The fourth-order valence-corrected chi connectivity index (χ4v) is 2.70. The number of hydrogen-bond acceptors (Lipinski definition) is 4. The van der Waals surface area contributed by atoms with E-state index in [4.69, 9.17) is 9.15 Å². The summed E-state index contributed by atoms with van der Waals surface area (Å²) < 4.78 is 10.4. The third-order valence-electron chi connectivity index (χ3n) is 3.64. The molecular weight excluding hydrogens is 256 g/mol. The molecule has 0 fully saturated rings. The van der Waals surface area contributed by atoms with Crippen molar-refractivity contribution in [1.29, 1.82) is 0 Å². The number of benzene rings is 1. The van der Waals surface area contributed by atoms with Crippen LogP contribution in [-0.2, 0) is 4.74 Å². The molecule has 3 rings (SSSR count). The molecule has 0 amide bonds. The van der Waals surface area contributed by atoms with E-state index in [0.29, 0.717) is 16.7 Å². The van der Waals surface area contributed by atoms with E-state index in [1.807, 2.05) is 25.1 Å². The first-order valence-corrected chi connectivity index (χ1v) is 6.57. The van der Waals surface area contributed by atoms with Gasteiger partial charge in [-0.05, 0) is 12.5 Å². The number of carbonyl (C=O) groups is 2. The summed E-state index contributed by atoms with van der Waals surface area (Å²) in [6, 6.07) is 7.40. The fraction of sp³-hybridized carbons (Fsp3) is 0.250. The maximum absolute atomic E-state index is 12.4. The van der Waals surface area contributed by atoms with E-state index >= 15 is 0 Å². The van der Waals surface area contributed by atoms with Gasteiger partial charge in [0.05, 0.1) is 6.61 Å². The molecule has 1 aliphatic rings. The normalized spacial score (nSPS) is 16.5. The molecule has 2 aromatic rings. The molecule has 102 valence electrons. The van der Waals surface area contributed by atoms with Gasteiger partial charge in [0.15, 0.2) is 5.76 Å². The zero-order chi connectivity index (χ0) is 14.3. The van der Waals surface area contributed by atoms with Gasteiger partial charge in [0.2, 0.25) is 5.78 Å². The molecule has 0 spiro atoms. The second-order valence-electron chi connectivity index (χ2n) is 4.75. The topological polar surface area (TPSA) is 56.5 Å². The first kappa shape index (κ1) is 12.7. The first-order valence-electron chi connectivity index (χ1n) is 6.57. The number of ether oxygens (including phenoxy) is 1. The van der Waals surface area contributed by atoms with E-state index in [0.717, 1.165) is 5.56 Å². The highest BCUT2D eigenvalue weighted by Crippen LogP contribution is 2.39. The minimum absolute atomic E-state index is 0.0722. The van der Waals surface area contributed by atoms with Crippen LogP contribution in [-0.4, -0.2) is 18.4 Å². The monoisotopic (exact) mass is 270 g/mol. The minimum atomic E-state index is -0.448. The molecule has 1 atom stereocenters. The van der Waals surface area contributed by atoms with Crippen molar-refractivity contribution in [3.8, 4) is 0 Å². The first-order chi connectivity index (χ1) is 9.65. The second kappa shape index (κ2) is 4.63. The van der Waals surface area contributed by atoms with Gasteiger partial charge in [-0.25, -0.2) is 4.79 Å². The van der Waals surface area contributed by atoms with Crippen molar-refractivity contribution < 1.29 is 18.7 Å². The summed E-state index contributed by atoms with van der Waals surface area (Å²) in [5.41, 5.74) is 2.53. The third kappa shape index (κ3) is 1.68. The van der Waals surface area contributed by atoms with Crippen LogP contribution in [0, 0.1) is 0 Å². The Morgan fingerprint density at radius 2 is 2.10 bits per heavy atom. The van der Waals surface area contributed by atoms with Crippen LogP contribution in [0.2, 0.25) is 0 Å². The summed E-state index contributed by atoms with van der Waals surface area (Å²) in [5, 5.41) is 0. The van der Waals surface area contributed by atoms with Gasteiger partial charge < -0.3 is 9.15 Å². The number of esters is 1. The molecule has 1 unspecified atom stereocenters. The predicted molar refractivity (Wildman–Crippen MR) is 72.1 cm³/mol. The Kier molecular flexibility index (Phi) is 2.93. The van der Waals surface area contributed by atoms with E-state index in [1.54, 1.807) is 13.0 Å². The highest BCUT2D eigenvalue weighted by atomic mass is 16.5. The summed E-state index contributed by atoms with van der Waals surface area (Å²) in [5.74, 6) is -0.447. The molecule has 0 N–H and O–H groups in total. The minimum Gasteiger partial charge on any atom is -0.462 e. The largest absolute Gasteiger partial charge is 0.462 e. The van der Waals surface area contributed by atoms with Crippen LogP contribution in [0.3, 0.4) is 0 Å². The Balaban J connectivity index is 2.15. The number of fused-ring (bicyclic) bond motifs is 2. The van der Waals surface area contributed by atoms with E-state index < -0.39 is 5.97 Å². The van der Waals surface area contributed by atoms with Crippen LogP contribution in [0.15, 0.2) is 34.9 Å². The standard InChI is InChI=1S/C16H14O4/c1-3-19-16(18)12-8-20-15-13(12)9(2)10-6-4-5-7-11(10)14(15)17/h4-9H,3H2,1-2H3. The highest BCUT2D eigenvalue weighted by molar-refractivity contribution is 6.12. The maximum atomic E-state index is 12.4. The van der Waals surface area contributed by atoms with Gasteiger partial charge in [-0.3, -0.25) is 4.79 Å². The number of rotatable bonds is 2. The predicted octanol–water partition coefficient (Wildman–Crippen LogP) is 3.15. The van der Waals surface area contributed by atoms with Gasteiger partial charge in [-0.2, -0.15) is 0 Å². The zero-order valence-corrected chi connectivity index (χ0v) is 11.3. The third-order valence-corrected chi connectivity index (χ3v) is 3.64. The smallest absolute Gasteiger partial charge is 0.341 e. The summed E-state index contributed by atoms with van der Waals surface area (Å²) >= 11 is 0. The average Bonchev–Trinajstić information content (AvgIpc) is 2.90. The van der Waals surface area contributed by atoms with E-state index in [-0.39, 0.29) is 24.1 Å². The second-order valence-corrected chi connectivity index (χ2v) is 4.75. The maximum Gasteiger partial charge on any atom is 0.341 e. The summed E-state index contributed by atoms with van der Waals surface area (Å²) in [6.45, 7) is 3.99. The SMILES string of the molecule is CCOC(=O)c1coc2c1C(C)c1ccccc1C2=O. The molecule has 1 aliphatic carbocycles. The average molecular weight is 270 g/mol. The molecule has 4 nitrogen and oxygen atoms in total. The van der Waals surface area contributed by atoms with Crippen molar-refractivity contribution in [1.82, 2.24) is 0 Å². The molecule has 0 saturated heterocycles. The Bertz CT molecular complexity index is 696. The molecule has 1 heterocycles. The molecular formula is C16H14O4. The quantitative estimate of drug-likeness (QED) is 0.786. The molecule has 0 radical (unpaired) electrons. The van der Waals surface area contributed by atoms with Crippen LogP contribution in [0.4, 0.5) is 0 Å². The van der Waals surface area contributed by atoms with Gasteiger partial charge in [-0.15, -0.1) is 0 Å². The van der Waals surface area contributed by atoms with Crippen molar-refractivity contribution in [2.45, 2.75) is 19.8 Å². The van der Waals surface area contributed by atoms with Crippen molar-refractivity contribution in [2.75, 3.05) is 6.61 Å². The summed E-state index contributed by atoms with van der Waals surface area (Å²) in [4.78, 5) is 24.3.